The molecule has 2 aromatic rings. The summed E-state index contributed by atoms with van der Waals surface area (Å²) in [7, 11) is 1.66. The molecule has 3 rings (SSSR count). The first-order valence-corrected chi connectivity index (χ1v) is 10.4. The molecule has 6 nitrogen and oxygen atoms in total. The molecule has 158 valence electrons. The predicted octanol–water partition coefficient (Wildman–Crippen LogP) is 5.12. The summed E-state index contributed by atoms with van der Waals surface area (Å²) < 4.78 is 7.84. The van der Waals surface area contributed by atoms with Crippen LogP contribution in [0.1, 0.15) is 58.2 Å². The summed E-state index contributed by atoms with van der Waals surface area (Å²) in [5.74, 6) is 1.00. The second-order valence-corrected chi connectivity index (χ2v) is 9.41. The largest absolute Gasteiger partial charge is 0.491 e. The van der Waals surface area contributed by atoms with Crippen LogP contribution >= 0.6 is 11.6 Å². The molecule has 1 amide bonds. The average Bonchev–Trinajstić information content (AvgIpc) is 3.14. The van der Waals surface area contributed by atoms with Gasteiger partial charge in [0.1, 0.15) is 5.75 Å². The average molecular weight is 421 g/mol. The molecule has 7 heteroatoms. The van der Waals surface area contributed by atoms with E-state index in [1.165, 1.54) is 17.4 Å². The zero-order valence-electron chi connectivity index (χ0n) is 17.4. The van der Waals surface area contributed by atoms with E-state index >= 15 is 0 Å². The first-order valence-electron chi connectivity index (χ1n) is 10.0. The van der Waals surface area contributed by atoms with Crippen LogP contribution in [-0.4, -0.2) is 22.4 Å². The highest BCUT2D eigenvalue weighted by molar-refractivity contribution is 6.31. The summed E-state index contributed by atoms with van der Waals surface area (Å²) in [6, 6.07) is 4.47. The third-order valence-corrected chi connectivity index (χ3v) is 5.94. The first kappa shape index (κ1) is 21.5. The lowest BCUT2D eigenvalue weighted by Gasteiger charge is -2.33. The molecule has 0 bridgehead atoms. The van der Waals surface area contributed by atoms with Gasteiger partial charge in [0.15, 0.2) is 0 Å². The van der Waals surface area contributed by atoms with Gasteiger partial charge in [0.05, 0.1) is 23.7 Å². The molecule has 1 fully saturated rings. The van der Waals surface area contributed by atoms with E-state index < -0.39 is 17.6 Å². The van der Waals surface area contributed by atoms with Gasteiger partial charge in [0, 0.05) is 17.5 Å². The summed E-state index contributed by atoms with van der Waals surface area (Å²) in [6.07, 6.45) is 3.49. The molecule has 29 heavy (non-hydrogen) atoms. The highest BCUT2D eigenvalue weighted by Gasteiger charge is 2.34. The van der Waals surface area contributed by atoms with Gasteiger partial charge < -0.3 is 19.7 Å². The molecule has 0 aliphatic heterocycles. The number of amides is 1. The van der Waals surface area contributed by atoms with Gasteiger partial charge in [0.2, 0.25) is 0 Å². The Hall–Kier alpha value is -2.21. The fourth-order valence-electron chi connectivity index (χ4n) is 4.14. The van der Waals surface area contributed by atoms with Gasteiger partial charge in [-0.05, 0) is 42.4 Å². The van der Waals surface area contributed by atoms with Crippen molar-refractivity contribution in [1.82, 2.24) is 9.88 Å². The van der Waals surface area contributed by atoms with Crippen molar-refractivity contribution in [2.75, 3.05) is 6.61 Å². The molecule has 1 aromatic heterocycles. The van der Waals surface area contributed by atoms with Gasteiger partial charge in [-0.25, -0.2) is 4.79 Å². The number of ether oxygens (including phenoxy) is 1. The van der Waals surface area contributed by atoms with Crippen LogP contribution in [0.25, 0.3) is 10.8 Å². The van der Waals surface area contributed by atoms with E-state index in [-0.39, 0.29) is 5.56 Å². The Balaban J connectivity index is 2.24. The standard InChI is InChI=1S/C22H29ClN2O4/c1-22(2,3)19(24-21(27)28)17-18(29-12-13-7-5-6-8-13)16-11-14(23)9-10-15(16)20(26)25(17)4/h9-11,13,19,24H,5-8,12H2,1-4H3,(H,27,28). The molecule has 0 saturated heterocycles. The van der Waals surface area contributed by atoms with Gasteiger partial charge in [-0.3, -0.25) is 4.79 Å². The maximum Gasteiger partial charge on any atom is 0.405 e. The lowest BCUT2D eigenvalue weighted by Crippen LogP contribution is -2.39. The fourth-order valence-corrected chi connectivity index (χ4v) is 4.32. The van der Waals surface area contributed by atoms with Gasteiger partial charge in [0.25, 0.3) is 5.56 Å². The first-order chi connectivity index (χ1) is 13.6. The Kier molecular flexibility index (Phi) is 6.13. The number of nitrogens with one attached hydrogen (secondary N) is 1. The van der Waals surface area contributed by atoms with E-state index in [1.807, 2.05) is 20.8 Å². The van der Waals surface area contributed by atoms with E-state index in [0.29, 0.717) is 39.8 Å². The Morgan fingerprint density at radius 2 is 1.97 bits per heavy atom. The van der Waals surface area contributed by atoms with Gasteiger partial charge in [-0.2, -0.15) is 0 Å². The number of pyridine rings is 1. The molecular formula is C22H29ClN2O4. The Labute approximate surface area is 175 Å². The number of fused-ring (bicyclic) bond motifs is 1. The number of carbonyl (C=O) groups is 1. The number of aromatic nitrogens is 1. The quantitative estimate of drug-likeness (QED) is 0.703. The Morgan fingerprint density at radius 1 is 1.31 bits per heavy atom. The molecule has 1 aliphatic rings. The molecule has 1 aromatic carbocycles. The van der Waals surface area contributed by atoms with Gasteiger partial charge in [-0.1, -0.05) is 45.2 Å². The van der Waals surface area contributed by atoms with Crippen LogP contribution in [0.15, 0.2) is 23.0 Å². The van der Waals surface area contributed by atoms with E-state index in [2.05, 4.69) is 5.32 Å². The molecule has 2 N–H and O–H groups in total. The van der Waals surface area contributed by atoms with Crippen LogP contribution in [0.3, 0.4) is 0 Å². The molecule has 1 aliphatic carbocycles. The van der Waals surface area contributed by atoms with Crippen LogP contribution < -0.4 is 15.6 Å². The van der Waals surface area contributed by atoms with Crippen LogP contribution in [0.4, 0.5) is 4.79 Å². The van der Waals surface area contributed by atoms with Crippen molar-refractivity contribution in [3.8, 4) is 5.75 Å². The summed E-state index contributed by atoms with van der Waals surface area (Å²) in [4.78, 5) is 24.6. The van der Waals surface area contributed by atoms with Crippen molar-refractivity contribution in [2.45, 2.75) is 52.5 Å². The topological polar surface area (TPSA) is 80.6 Å². The van der Waals surface area contributed by atoms with Crippen molar-refractivity contribution >= 4 is 28.5 Å². The SMILES string of the molecule is Cn1c(C(NC(=O)O)C(C)(C)C)c(OCC2CCCC2)c2cc(Cl)ccc2c1=O. The number of rotatable bonds is 5. The Bertz CT molecular complexity index is 971. The van der Waals surface area contributed by atoms with E-state index in [0.717, 1.165) is 12.8 Å². The number of hydrogen-bond acceptors (Lipinski definition) is 3. The molecule has 0 spiro atoms. The zero-order chi connectivity index (χ0) is 21.3. The predicted molar refractivity (Wildman–Crippen MR) is 115 cm³/mol. The second kappa shape index (κ2) is 8.27. The molecule has 1 unspecified atom stereocenters. The molecule has 1 atom stereocenters. The van der Waals surface area contributed by atoms with Crippen LogP contribution in [0.2, 0.25) is 5.02 Å². The lowest BCUT2D eigenvalue weighted by atomic mass is 9.83. The summed E-state index contributed by atoms with van der Waals surface area (Å²) >= 11 is 6.24. The third kappa shape index (κ3) is 4.53. The molecule has 1 saturated carbocycles. The smallest absolute Gasteiger partial charge is 0.405 e. The monoisotopic (exact) mass is 420 g/mol. The van der Waals surface area contributed by atoms with Gasteiger partial charge in [-0.15, -0.1) is 0 Å². The highest BCUT2D eigenvalue weighted by atomic mass is 35.5. The summed E-state index contributed by atoms with van der Waals surface area (Å²) in [5, 5.41) is 13.7. The minimum Gasteiger partial charge on any atom is -0.491 e. The lowest BCUT2D eigenvalue weighted by molar-refractivity contribution is 0.170. The second-order valence-electron chi connectivity index (χ2n) is 8.98. The van der Waals surface area contributed by atoms with E-state index in [4.69, 9.17) is 16.3 Å². The van der Waals surface area contributed by atoms with E-state index in [1.54, 1.807) is 25.2 Å². The number of benzene rings is 1. The number of hydrogen-bond donors (Lipinski definition) is 2. The summed E-state index contributed by atoms with van der Waals surface area (Å²) in [6.45, 7) is 6.33. The summed E-state index contributed by atoms with van der Waals surface area (Å²) in [5.41, 5.74) is -0.167. The minimum absolute atomic E-state index is 0.207. The van der Waals surface area contributed by atoms with Crippen molar-refractivity contribution in [1.29, 1.82) is 0 Å². The van der Waals surface area contributed by atoms with Gasteiger partial charge >= 0.3 is 6.09 Å². The normalized spacial score (nSPS) is 16.2. The van der Waals surface area contributed by atoms with Crippen LogP contribution in [0.5, 0.6) is 5.75 Å². The molecule has 0 radical (unpaired) electrons. The van der Waals surface area contributed by atoms with Crippen molar-refractivity contribution in [2.24, 2.45) is 18.4 Å². The zero-order valence-corrected chi connectivity index (χ0v) is 18.2. The van der Waals surface area contributed by atoms with Crippen molar-refractivity contribution in [3.05, 3.63) is 39.3 Å². The highest BCUT2D eigenvalue weighted by Crippen LogP contribution is 2.41. The minimum atomic E-state index is -1.15. The number of halogens is 1. The molecule has 1 heterocycles. The fraction of sp³-hybridized carbons (Fsp3) is 0.545. The maximum absolute atomic E-state index is 13.1. The number of nitrogens with zero attached hydrogens (tertiary/aromatic N) is 1. The Morgan fingerprint density at radius 3 is 2.55 bits per heavy atom. The third-order valence-electron chi connectivity index (χ3n) is 5.70. The number of carboxylic acid groups (broad SMARTS) is 1. The van der Waals surface area contributed by atoms with Crippen molar-refractivity contribution < 1.29 is 14.6 Å². The van der Waals surface area contributed by atoms with Crippen molar-refractivity contribution in [3.63, 3.8) is 0 Å². The van der Waals surface area contributed by atoms with E-state index in [9.17, 15) is 14.7 Å². The van der Waals surface area contributed by atoms with Crippen LogP contribution in [-0.2, 0) is 7.05 Å². The maximum atomic E-state index is 13.1. The van der Waals surface area contributed by atoms with Crippen LogP contribution in [0, 0.1) is 11.3 Å². The molecular weight excluding hydrogens is 392 g/mol.